The molecule has 116 valence electrons. The van der Waals surface area contributed by atoms with Gasteiger partial charge in [0.1, 0.15) is 5.75 Å². The average Bonchev–Trinajstić information content (AvgIpc) is 3.01. The zero-order chi connectivity index (χ0) is 15.3. The number of rotatable bonds is 6. The monoisotopic (exact) mass is 290 g/mol. The third kappa shape index (κ3) is 3.38. The second kappa shape index (κ2) is 6.94. The molecule has 1 atom stereocenters. The fourth-order valence-corrected chi connectivity index (χ4v) is 3.21. The van der Waals surface area contributed by atoms with Crippen molar-refractivity contribution in [1.29, 1.82) is 0 Å². The second-order valence-electron chi connectivity index (χ2n) is 6.04. The van der Waals surface area contributed by atoms with E-state index in [0.29, 0.717) is 13.1 Å². The van der Waals surface area contributed by atoms with Gasteiger partial charge >= 0.3 is 0 Å². The Hall–Kier alpha value is -1.55. The van der Waals surface area contributed by atoms with E-state index in [4.69, 9.17) is 10.5 Å². The quantitative estimate of drug-likeness (QED) is 0.844. The molecule has 1 unspecified atom stereocenters. The van der Waals surface area contributed by atoms with E-state index in [-0.39, 0.29) is 17.2 Å². The first-order valence-corrected chi connectivity index (χ1v) is 7.74. The first-order chi connectivity index (χ1) is 10.1. The lowest BCUT2D eigenvalue weighted by Crippen LogP contribution is -2.42. The standard InChI is InChI=1S/C17H26N2O2/c1-13(11-18)16(20)19-12-17(9-5-6-10-17)14-7-3-4-8-15(14)21-2/h3-4,7-8,13H,5-6,9-12,18H2,1-2H3,(H,19,20). The van der Waals surface area contributed by atoms with Crippen molar-refractivity contribution in [3.05, 3.63) is 29.8 Å². The van der Waals surface area contributed by atoms with Crippen LogP contribution in [0, 0.1) is 5.92 Å². The van der Waals surface area contributed by atoms with Crippen molar-refractivity contribution in [2.75, 3.05) is 20.2 Å². The molecular formula is C17H26N2O2. The van der Waals surface area contributed by atoms with Crippen LogP contribution in [-0.4, -0.2) is 26.1 Å². The molecule has 0 bridgehead atoms. The lowest BCUT2D eigenvalue weighted by Gasteiger charge is -2.31. The molecule has 3 N–H and O–H groups in total. The van der Waals surface area contributed by atoms with Crippen LogP contribution in [-0.2, 0) is 10.2 Å². The van der Waals surface area contributed by atoms with Gasteiger partial charge in [0.2, 0.25) is 5.91 Å². The SMILES string of the molecule is COc1ccccc1C1(CNC(=O)C(C)CN)CCCC1. The molecule has 4 nitrogen and oxygen atoms in total. The molecule has 0 radical (unpaired) electrons. The number of carbonyl (C=O) groups is 1. The van der Waals surface area contributed by atoms with Crippen molar-refractivity contribution < 1.29 is 9.53 Å². The molecule has 0 aromatic heterocycles. The van der Waals surface area contributed by atoms with E-state index >= 15 is 0 Å². The predicted molar refractivity (Wildman–Crippen MR) is 84.4 cm³/mol. The molecule has 1 aliphatic rings. The molecule has 0 heterocycles. The van der Waals surface area contributed by atoms with Gasteiger partial charge in [-0.15, -0.1) is 0 Å². The van der Waals surface area contributed by atoms with Crippen molar-refractivity contribution in [3.8, 4) is 5.75 Å². The maximum Gasteiger partial charge on any atom is 0.224 e. The Kier molecular flexibility index (Phi) is 5.23. The molecule has 1 amide bonds. The Morgan fingerprint density at radius 3 is 2.67 bits per heavy atom. The number of methoxy groups -OCH3 is 1. The van der Waals surface area contributed by atoms with E-state index in [1.807, 2.05) is 25.1 Å². The summed E-state index contributed by atoms with van der Waals surface area (Å²) < 4.78 is 5.53. The van der Waals surface area contributed by atoms with Crippen molar-refractivity contribution >= 4 is 5.91 Å². The zero-order valence-corrected chi connectivity index (χ0v) is 13.0. The van der Waals surface area contributed by atoms with Gasteiger partial charge in [0.05, 0.1) is 7.11 Å². The Morgan fingerprint density at radius 1 is 1.38 bits per heavy atom. The van der Waals surface area contributed by atoms with Gasteiger partial charge in [0.15, 0.2) is 0 Å². The van der Waals surface area contributed by atoms with E-state index in [9.17, 15) is 4.79 Å². The van der Waals surface area contributed by atoms with Crippen LogP contribution in [0.5, 0.6) is 5.75 Å². The Morgan fingerprint density at radius 2 is 2.05 bits per heavy atom. The maximum absolute atomic E-state index is 12.0. The number of amides is 1. The van der Waals surface area contributed by atoms with Gasteiger partial charge in [-0.3, -0.25) is 4.79 Å². The summed E-state index contributed by atoms with van der Waals surface area (Å²) in [6.45, 7) is 2.91. The summed E-state index contributed by atoms with van der Waals surface area (Å²) >= 11 is 0. The first-order valence-electron chi connectivity index (χ1n) is 7.74. The normalized spacial score (nSPS) is 18.2. The first kappa shape index (κ1) is 15.8. The summed E-state index contributed by atoms with van der Waals surface area (Å²) in [5.41, 5.74) is 6.78. The van der Waals surface area contributed by atoms with Gasteiger partial charge in [-0.1, -0.05) is 38.0 Å². The molecule has 21 heavy (non-hydrogen) atoms. The largest absolute Gasteiger partial charge is 0.496 e. The summed E-state index contributed by atoms with van der Waals surface area (Å²) in [6, 6.07) is 8.16. The number of carbonyl (C=O) groups excluding carboxylic acids is 1. The van der Waals surface area contributed by atoms with Gasteiger partial charge < -0.3 is 15.8 Å². The second-order valence-corrected chi connectivity index (χ2v) is 6.04. The molecule has 1 aliphatic carbocycles. The van der Waals surface area contributed by atoms with E-state index in [0.717, 1.165) is 18.6 Å². The average molecular weight is 290 g/mol. The van der Waals surface area contributed by atoms with Gasteiger partial charge in [-0.05, 0) is 18.9 Å². The van der Waals surface area contributed by atoms with E-state index in [1.54, 1.807) is 7.11 Å². The summed E-state index contributed by atoms with van der Waals surface area (Å²) in [6.07, 6.45) is 4.57. The van der Waals surface area contributed by atoms with Crippen LogP contribution in [0.2, 0.25) is 0 Å². The Labute approximate surface area is 127 Å². The van der Waals surface area contributed by atoms with Crippen LogP contribution in [0.1, 0.15) is 38.2 Å². The molecule has 1 aromatic carbocycles. The Balaban J connectivity index is 2.19. The number of hydrogen-bond acceptors (Lipinski definition) is 3. The van der Waals surface area contributed by atoms with Crippen LogP contribution in [0.4, 0.5) is 0 Å². The lowest BCUT2D eigenvalue weighted by molar-refractivity contribution is -0.124. The highest BCUT2D eigenvalue weighted by Crippen LogP contribution is 2.44. The summed E-state index contributed by atoms with van der Waals surface area (Å²) in [4.78, 5) is 12.0. The minimum absolute atomic E-state index is 0.00339. The van der Waals surface area contributed by atoms with Crippen molar-refractivity contribution in [3.63, 3.8) is 0 Å². The highest BCUT2D eigenvalue weighted by Gasteiger charge is 2.38. The third-order valence-electron chi connectivity index (χ3n) is 4.64. The molecule has 2 rings (SSSR count). The topological polar surface area (TPSA) is 64.3 Å². The molecule has 0 saturated heterocycles. The van der Waals surface area contributed by atoms with Crippen molar-refractivity contribution in [1.82, 2.24) is 5.32 Å². The van der Waals surface area contributed by atoms with Crippen LogP contribution in [0.3, 0.4) is 0 Å². The predicted octanol–water partition coefficient (Wildman–Crippen LogP) is 2.22. The number of nitrogens with two attached hydrogens (primary N) is 1. The fraction of sp³-hybridized carbons (Fsp3) is 0.588. The number of ether oxygens (including phenoxy) is 1. The van der Waals surface area contributed by atoms with E-state index < -0.39 is 0 Å². The van der Waals surface area contributed by atoms with Gasteiger partial charge in [-0.25, -0.2) is 0 Å². The summed E-state index contributed by atoms with van der Waals surface area (Å²) in [5, 5.41) is 3.09. The number of para-hydroxylation sites is 1. The fourth-order valence-electron chi connectivity index (χ4n) is 3.21. The molecule has 1 saturated carbocycles. The van der Waals surface area contributed by atoms with Gasteiger partial charge in [0, 0.05) is 30.0 Å². The summed E-state index contributed by atoms with van der Waals surface area (Å²) in [7, 11) is 1.70. The van der Waals surface area contributed by atoms with Gasteiger partial charge in [0.25, 0.3) is 0 Å². The molecular weight excluding hydrogens is 264 g/mol. The molecule has 0 spiro atoms. The van der Waals surface area contributed by atoms with Crippen LogP contribution < -0.4 is 15.8 Å². The van der Waals surface area contributed by atoms with Crippen LogP contribution in [0.15, 0.2) is 24.3 Å². The maximum atomic E-state index is 12.0. The van der Waals surface area contributed by atoms with Gasteiger partial charge in [-0.2, -0.15) is 0 Å². The molecule has 1 aromatic rings. The highest BCUT2D eigenvalue weighted by atomic mass is 16.5. The van der Waals surface area contributed by atoms with Crippen molar-refractivity contribution in [2.45, 2.75) is 38.0 Å². The van der Waals surface area contributed by atoms with E-state index in [1.165, 1.54) is 18.4 Å². The third-order valence-corrected chi connectivity index (χ3v) is 4.64. The number of hydrogen-bond donors (Lipinski definition) is 2. The number of nitrogens with one attached hydrogen (secondary N) is 1. The number of benzene rings is 1. The molecule has 4 heteroatoms. The van der Waals surface area contributed by atoms with Crippen LogP contribution >= 0.6 is 0 Å². The minimum atomic E-state index is -0.138. The smallest absolute Gasteiger partial charge is 0.224 e. The summed E-state index contributed by atoms with van der Waals surface area (Å²) in [5.74, 6) is 0.820. The molecule has 0 aliphatic heterocycles. The molecule has 1 fully saturated rings. The van der Waals surface area contributed by atoms with E-state index in [2.05, 4.69) is 11.4 Å². The zero-order valence-electron chi connectivity index (χ0n) is 13.0. The van der Waals surface area contributed by atoms with Crippen LogP contribution in [0.25, 0.3) is 0 Å². The minimum Gasteiger partial charge on any atom is -0.496 e. The van der Waals surface area contributed by atoms with Crippen molar-refractivity contribution in [2.24, 2.45) is 11.7 Å². The lowest BCUT2D eigenvalue weighted by atomic mass is 9.78. The Bertz CT molecular complexity index is 481. The highest BCUT2D eigenvalue weighted by molar-refractivity contribution is 5.78.